The Morgan fingerprint density at radius 3 is 2.67 bits per heavy atom. The first kappa shape index (κ1) is 22.7. The number of benzene rings is 1. The maximum Gasteiger partial charge on any atom is 0.328 e. The summed E-state index contributed by atoms with van der Waals surface area (Å²) in [6.07, 6.45) is 4.23. The third-order valence-corrected chi connectivity index (χ3v) is 4.20. The number of carbonyl (C=O) groups is 3. The highest BCUT2D eigenvalue weighted by molar-refractivity contribution is 6.06. The smallest absolute Gasteiger partial charge is 0.328 e. The summed E-state index contributed by atoms with van der Waals surface area (Å²) in [6.45, 7) is 1.57. The summed E-state index contributed by atoms with van der Waals surface area (Å²) in [5, 5.41) is 5.15. The van der Waals surface area contributed by atoms with Crippen LogP contribution in [-0.2, 0) is 4.79 Å². The second-order valence-corrected chi connectivity index (χ2v) is 6.10. The molecule has 9 heteroatoms. The van der Waals surface area contributed by atoms with Crippen molar-refractivity contribution < 1.29 is 19.1 Å². The summed E-state index contributed by atoms with van der Waals surface area (Å²) in [5.41, 5.74) is 6.43. The van der Waals surface area contributed by atoms with E-state index in [0.717, 1.165) is 25.7 Å². The van der Waals surface area contributed by atoms with Gasteiger partial charge < -0.3 is 15.8 Å². The zero-order valence-corrected chi connectivity index (χ0v) is 16.3. The summed E-state index contributed by atoms with van der Waals surface area (Å²) in [5.74, 6) is -0.0790. The predicted molar refractivity (Wildman–Crippen MR) is 106 cm³/mol. The minimum atomic E-state index is -0.491. The van der Waals surface area contributed by atoms with Crippen LogP contribution in [0.5, 0.6) is 5.75 Å². The number of carbonyl (C=O) groups excluding carboxylic acids is 3. The second-order valence-electron chi connectivity index (χ2n) is 6.10. The lowest BCUT2D eigenvalue weighted by Crippen LogP contribution is -2.49. The van der Waals surface area contributed by atoms with E-state index in [4.69, 9.17) is 10.5 Å². The number of imide groups is 1. The van der Waals surface area contributed by atoms with Gasteiger partial charge in [-0.05, 0) is 37.6 Å². The van der Waals surface area contributed by atoms with Crippen molar-refractivity contribution in [3.63, 3.8) is 0 Å². The van der Waals surface area contributed by atoms with Crippen molar-refractivity contribution in [2.75, 3.05) is 31.6 Å². The fraction of sp³-hybridized carbons (Fsp3) is 0.500. The zero-order chi connectivity index (χ0) is 18.9. The maximum atomic E-state index is 12.3. The fourth-order valence-corrected chi connectivity index (χ4v) is 2.76. The Kier molecular flexibility index (Phi) is 9.60. The highest BCUT2D eigenvalue weighted by Gasteiger charge is 2.26. The van der Waals surface area contributed by atoms with Crippen molar-refractivity contribution in [2.24, 2.45) is 5.73 Å². The van der Waals surface area contributed by atoms with Crippen LogP contribution in [0.2, 0.25) is 0 Å². The number of unbranched alkanes of at least 4 members (excludes halogenated alkanes) is 3. The van der Waals surface area contributed by atoms with Crippen LogP contribution in [0.25, 0.3) is 0 Å². The molecule has 1 aliphatic rings. The molecule has 0 bridgehead atoms. The van der Waals surface area contributed by atoms with Crippen LogP contribution in [0.4, 0.5) is 10.5 Å². The molecule has 0 saturated carbocycles. The average Bonchev–Trinajstić information content (AvgIpc) is 2.64. The number of urea groups is 1. The van der Waals surface area contributed by atoms with Crippen molar-refractivity contribution in [3.05, 3.63) is 23.8 Å². The largest absolute Gasteiger partial charge is 0.495 e. The van der Waals surface area contributed by atoms with Gasteiger partial charge in [0.2, 0.25) is 5.91 Å². The van der Waals surface area contributed by atoms with E-state index < -0.39 is 6.03 Å². The summed E-state index contributed by atoms with van der Waals surface area (Å²) in [7, 11) is 1.48. The first-order valence-electron chi connectivity index (χ1n) is 8.84. The van der Waals surface area contributed by atoms with Gasteiger partial charge in [-0.15, -0.1) is 12.4 Å². The van der Waals surface area contributed by atoms with E-state index in [1.165, 1.54) is 12.0 Å². The molecule has 1 fully saturated rings. The highest BCUT2D eigenvalue weighted by atomic mass is 35.5. The normalized spacial score (nSPS) is 13.6. The van der Waals surface area contributed by atoms with Crippen LogP contribution >= 0.6 is 12.4 Å². The molecule has 0 radical (unpaired) electrons. The molecule has 0 aliphatic carbocycles. The van der Waals surface area contributed by atoms with Gasteiger partial charge in [-0.2, -0.15) is 0 Å². The van der Waals surface area contributed by atoms with Crippen LogP contribution in [0.3, 0.4) is 0 Å². The molecule has 4 N–H and O–H groups in total. The Labute approximate surface area is 165 Å². The number of methoxy groups -OCH3 is 1. The van der Waals surface area contributed by atoms with Crippen LogP contribution < -0.4 is 26.0 Å². The monoisotopic (exact) mass is 398 g/mol. The molecule has 4 amide bonds. The van der Waals surface area contributed by atoms with Crippen molar-refractivity contribution in [3.8, 4) is 5.75 Å². The Morgan fingerprint density at radius 2 is 2.00 bits per heavy atom. The molecule has 150 valence electrons. The summed E-state index contributed by atoms with van der Waals surface area (Å²) < 4.78 is 5.34. The van der Waals surface area contributed by atoms with E-state index in [-0.39, 0.29) is 37.2 Å². The molecule has 1 saturated heterocycles. The van der Waals surface area contributed by atoms with Gasteiger partial charge in [0, 0.05) is 25.1 Å². The van der Waals surface area contributed by atoms with Crippen LogP contribution in [0, 0.1) is 0 Å². The van der Waals surface area contributed by atoms with E-state index in [1.54, 1.807) is 18.2 Å². The van der Waals surface area contributed by atoms with Crippen molar-refractivity contribution in [1.82, 2.24) is 10.6 Å². The van der Waals surface area contributed by atoms with Crippen LogP contribution in [0.1, 0.15) is 42.5 Å². The molecule has 0 atom stereocenters. The number of halogens is 1. The molecule has 8 nitrogen and oxygen atoms in total. The Morgan fingerprint density at radius 1 is 1.26 bits per heavy atom. The number of hydrogen-bond acceptors (Lipinski definition) is 5. The number of nitrogens with two attached hydrogens (primary N) is 1. The zero-order valence-electron chi connectivity index (χ0n) is 15.5. The molecule has 1 aliphatic heterocycles. The Balaban J connectivity index is 0.00000364. The molecule has 0 aromatic heterocycles. The average molecular weight is 399 g/mol. The Hall–Kier alpha value is -2.32. The van der Waals surface area contributed by atoms with Gasteiger partial charge in [-0.25, -0.2) is 4.79 Å². The highest BCUT2D eigenvalue weighted by Crippen LogP contribution is 2.30. The minimum absolute atomic E-state index is 0. The van der Waals surface area contributed by atoms with Gasteiger partial charge in [0.15, 0.2) is 0 Å². The summed E-state index contributed by atoms with van der Waals surface area (Å²) >= 11 is 0. The molecule has 2 rings (SSSR count). The second kappa shape index (κ2) is 11.4. The SMILES string of the molecule is COc1cc(C(=O)NCCCCCCN)ccc1N1CCC(=O)NC1=O.Cl. The lowest BCUT2D eigenvalue weighted by Gasteiger charge is -2.28. The lowest BCUT2D eigenvalue weighted by molar-refractivity contribution is -0.120. The van der Waals surface area contributed by atoms with E-state index in [1.807, 2.05) is 0 Å². The molecule has 27 heavy (non-hydrogen) atoms. The van der Waals surface area contributed by atoms with Gasteiger partial charge in [-0.3, -0.25) is 19.8 Å². The predicted octanol–water partition coefficient (Wildman–Crippen LogP) is 1.81. The van der Waals surface area contributed by atoms with E-state index in [0.29, 0.717) is 30.1 Å². The number of hydrogen-bond donors (Lipinski definition) is 3. The van der Waals surface area contributed by atoms with Gasteiger partial charge in [0.1, 0.15) is 5.75 Å². The molecular formula is C18H27ClN4O4. The number of nitrogens with zero attached hydrogens (tertiary/aromatic N) is 1. The number of anilines is 1. The van der Waals surface area contributed by atoms with Crippen molar-refractivity contribution in [2.45, 2.75) is 32.1 Å². The minimum Gasteiger partial charge on any atom is -0.495 e. The molecule has 1 aromatic carbocycles. The van der Waals surface area contributed by atoms with E-state index in [2.05, 4.69) is 10.6 Å². The summed E-state index contributed by atoms with van der Waals surface area (Å²) in [6, 6.07) is 4.41. The van der Waals surface area contributed by atoms with Crippen LogP contribution in [0.15, 0.2) is 18.2 Å². The Bertz CT molecular complexity index is 669. The summed E-state index contributed by atoms with van der Waals surface area (Å²) in [4.78, 5) is 37.0. The molecule has 1 aromatic rings. The van der Waals surface area contributed by atoms with Gasteiger partial charge >= 0.3 is 6.03 Å². The van der Waals surface area contributed by atoms with Crippen molar-refractivity contribution in [1.29, 1.82) is 0 Å². The molecule has 1 heterocycles. The first-order chi connectivity index (χ1) is 12.6. The van der Waals surface area contributed by atoms with Gasteiger partial charge in [0.05, 0.1) is 12.8 Å². The van der Waals surface area contributed by atoms with Crippen molar-refractivity contribution >= 4 is 35.9 Å². The standard InChI is InChI=1S/C18H26N4O4.ClH/c1-26-15-12-13(17(24)20-10-5-3-2-4-9-19)6-7-14(15)22-11-8-16(23)21-18(22)25;/h6-7,12H,2-5,8-11,19H2,1H3,(H,20,24)(H,21,23,25);1H. The first-order valence-corrected chi connectivity index (χ1v) is 8.84. The van der Waals surface area contributed by atoms with Gasteiger partial charge in [0.25, 0.3) is 5.91 Å². The third kappa shape index (κ3) is 6.41. The topological polar surface area (TPSA) is 114 Å². The number of ether oxygens (including phenoxy) is 1. The maximum absolute atomic E-state index is 12.3. The fourth-order valence-electron chi connectivity index (χ4n) is 2.76. The number of rotatable bonds is 9. The van der Waals surface area contributed by atoms with Crippen LogP contribution in [-0.4, -0.2) is 44.6 Å². The van der Waals surface area contributed by atoms with E-state index >= 15 is 0 Å². The van der Waals surface area contributed by atoms with Gasteiger partial charge in [-0.1, -0.05) is 12.8 Å². The number of amides is 4. The number of nitrogens with one attached hydrogen (secondary N) is 2. The molecule has 0 unspecified atom stereocenters. The van der Waals surface area contributed by atoms with E-state index in [9.17, 15) is 14.4 Å². The molecular weight excluding hydrogens is 372 g/mol. The lowest BCUT2D eigenvalue weighted by atomic mass is 10.1. The third-order valence-electron chi connectivity index (χ3n) is 4.20. The molecule has 0 spiro atoms. The quantitative estimate of drug-likeness (QED) is 0.549.